The van der Waals surface area contributed by atoms with Gasteiger partial charge in [-0.15, -0.1) is 0 Å². The van der Waals surface area contributed by atoms with Crippen molar-refractivity contribution < 1.29 is 13.9 Å². The molecule has 2 rings (SSSR count). The minimum absolute atomic E-state index is 0.531. The first kappa shape index (κ1) is 13.4. The van der Waals surface area contributed by atoms with Gasteiger partial charge >= 0.3 is 0 Å². The third-order valence-electron chi connectivity index (χ3n) is 2.74. The van der Waals surface area contributed by atoms with Crippen LogP contribution in [-0.2, 0) is 6.54 Å². The summed E-state index contributed by atoms with van der Waals surface area (Å²) >= 11 is 0. The Morgan fingerprint density at radius 3 is 2.79 bits per heavy atom. The molecule has 5 heteroatoms. The lowest BCUT2D eigenvalue weighted by atomic mass is 10.2. The van der Waals surface area contributed by atoms with Gasteiger partial charge in [0.25, 0.3) is 0 Å². The SMILES string of the molecule is CCNCc1coc(-c2cc(OC)ccc2OC)n1. The van der Waals surface area contributed by atoms with Gasteiger partial charge in [0.1, 0.15) is 17.8 Å². The highest BCUT2D eigenvalue weighted by Crippen LogP contribution is 2.32. The number of methoxy groups -OCH3 is 2. The summed E-state index contributed by atoms with van der Waals surface area (Å²) in [6, 6.07) is 5.52. The third kappa shape index (κ3) is 3.06. The molecule has 0 fully saturated rings. The molecule has 1 N–H and O–H groups in total. The Hall–Kier alpha value is -2.01. The van der Waals surface area contributed by atoms with Crippen LogP contribution in [0.25, 0.3) is 11.5 Å². The van der Waals surface area contributed by atoms with Gasteiger partial charge in [-0.2, -0.15) is 0 Å². The largest absolute Gasteiger partial charge is 0.497 e. The number of aromatic nitrogens is 1. The van der Waals surface area contributed by atoms with Gasteiger partial charge in [0, 0.05) is 6.54 Å². The normalized spacial score (nSPS) is 10.5. The molecule has 1 aromatic heterocycles. The predicted molar refractivity (Wildman–Crippen MR) is 72.4 cm³/mol. The van der Waals surface area contributed by atoms with E-state index in [0.29, 0.717) is 18.2 Å². The number of nitrogens with one attached hydrogen (secondary N) is 1. The average molecular weight is 262 g/mol. The van der Waals surface area contributed by atoms with E-state index in [1.54, 1.807) is 20.5 Å². The van der Waals surface area contributed by atoms with Crippen LogP contribution in [0.5, 0.6) is 11.5 Å². The van der Waals surface area contributed by atoms with Crippen LogP contribution in [0, 0.1) is 0 Å². The number of rotatable bonds is 6. The van der Waals surface area contributed by atoms with Crippen molar-refractivity contribution in [3.8, 4) is 23.0 Å². The lowest BCUT2D eigenvalue weighted by molar-refractivity contribution is 0.403. The summed E-state index contributed by atoms with van der Waals surface area (Å²) in [6.45, 7) is 3.63. The van der Waals surface area contributed by atoms with Crippen LogP contribution in [0.15, 0.2) is 28.9 Å². The maximum absolute atomic E-state index is 5.50. The van der Waals surface area contributed by atoms with Gasteiger partial charge in [-0.25, -0.2) is 4.98 Å². The third-order valence-corrected chi connectivity index (χ3v) is 2.74. The monoisotopic (exact) mass is 262 g/mol. The van der Waals surface area contributed by atoms with Crippen LogP contribution in [0.2, 0.25) is 0 Å². The first-order valence-electron chi connectivity index (χ1n) is 6.16. The second-order valence-corrected chi connectivity index (χ2v) is 3.99. The van der Waals surface area contributed by atoms with Crippen LogP contribution in [0.1, 0.15) is 12.6 Å². The molecule has 0 spiro atoms. The van der Waals surface area contributed by atoms with E-state index in [4.69, 9.17) is 13.9 Å². The highest BCUT2D eigenvalue weighted by atomic mass is 16.5. The molecule has 0 amide bonds. The lowest BCUT2D eigenvalue weighted by Crippen LogP contribution is -2.11. The minimum Gasteiger partial charge on any atom is -0.497 e. The molecule has 0 aliphatic heterocycles. The molecule has 0 radical (unpaired) electrons. The number of ether oxygens (including phenoxy) is 2. The molecule has 1 heterocycles. The Kier molecular flexibility index (Phi) is 4.41. The molecule has 2 aromatic rings. The molecule has 5 nitrogen and oxygen atoms in total. The van der Waals surface area contributed by atoms with Crippen LogP contribution in [-0.4, -0.2) is 25.7 Å². The van der Waals surface area contributed by atoms with E-state index in [2.05, 4.69) is 10.3 Å². The highest BCUT2D eigenvalue weighted by molar-refractivity contribution is 5.65. The van der Waals surface area contributed by atoms with Gasteiger partial charge in [0.2, 0.25) is 5.89 Å². The van der Waals surface area contributed by atoms with Gasteiger partial charge in [-0.1, -0.05) is 6.92 Å². The molecule has 0 unspecified atom stereocenters. The Labute approximate surface area is 112 Å². The van der Waals surface area contributed by atoms with E-state index in [0.717, 1.165) is 23.6 Å². The molecular weight excluding hydrogens is 244 g/mol. The summed E-state index contributed by atoms with van der Waals surface area (Å²) in [5.41, 5.74) is 1.64. The van der Waals surface area contributed by atoms with Crippen molar-refractivity contribution in [1.82, 2.24) is 10.3 Å². The van der Waals surface area contributed by atoms with E-state index in [-0.39, 0.29) is 0 Å². The molecule has 0 bridgehead atoms. The fraction of sp³-hybridized carbons (Fsp3) is 0.357. The van der Waals surface area contributed by atoms with Gasteiger partial charge in [-0.05, 0) is 24.7 Å². The maximum Gasteiger partial charge on any atom is 0.230 e. The Morgan fingerprint density at radius 2 is 2.11 bits per heavy atom. The number of benzene rings is 1. The summed E-state index contributed by atoms with van der Waals surface area (Å²) < 4.78 is 16.0. The second kappa shape index (κ2) is 6.24. The molecule has 0 saturated carbocycles. The average Bonchev–Trinajstić information content (AvgIpc) is 2.93. The molecule has 1 aromatic carbocycles. The quantitative estimate of drug-likeness (QED) is 0.866. The first-order chi connectivity index (χ1) is 9.28. The fourth-order valence-electron chi connectivity index (χ4n) is 1.75. The van der Waals surface area contributed by atoms with E-state index < -0.39 is 0 Å². The van der Waals surface area contributed by atoms with Crippen LogP contribution in [0.4, 0.5) is 0 Å². The smallest absolute Gasteiger partial charge is 0.230 e. The maximum atomic E-state index is 5.50. The standard InChI is InChI=1S/C14H18N2O3/c1-4-15-8-10-9-19-14(16-10)12-7-11(17-2)5-6-13(12)18-3/h5-7,9,15H,4,8H2,1-3H3. The van der Waals surface area contributed by atoms with E-state index in [1.807, 2.05) is 25.1 Å². The van der Waals surface area contributed by atoms with Gasteiger partial charge in [-0.3, -0.25) is 0 Å². The number of nitrogens with zero attached hydrogens (tertiary/aromatic N) is 1. The molecule has 102 valence electrons. The fourth-order valence-corrected chi connectivity index (χ4v) is 1.75. The molecule has 19 heavy (non-hydrogen) atoms. The lowest BCUT2D eigenvalue weighted by Gasteiger charge is -2.07. The van der Waals surface area contributed by atoms with Crippen molar-refractivity contribution >= 4 is 0 Å². The summed E-state index contributed by atoms with van der Waals surface area (Å²) in [4.78, 5) is 4.44. The molecule has 0 atom stereocenters. The van der Waals surface area contributed by atoms with E-state index >= 15 is 0 Å². The van der Waals surface area contributed by atoms with Crippen LogP contribution >= 0.6 is 0 Å². The zero-order valence-electron chi connectivity index (χ0n) is 11.4. The van der Waals surface area contributed by atoms with E-state index in [9.17, 15) is 0 Å². The highest BCUT2D eigenvalue weighted by Gasteiger charge is 2.13. The minimum atomic E-state index is 0.531. The summed E-state index contributed by atoms with van der Waals surface area (Å²) in [5, 5.41) is 3.20. The van der Waals surface area contributed by atoms with Crippen molar-refractivity contribution in [3.63, 3.8) is 0 Å². The first-order valence-corrected chi connectivity index (χ1v) is 6.16. The molecule has 0 aliphatic rings. The predicted octanol–water partition coefficient (Wildman–Crippen LogP) is 2.47. The zero-order valence-corrected chi connectivity index (χ0v) is 11.4. The van der Waals surface area contributed by atoms with Crippen LogP contribution in [0.3, 0.4) is 0 Å². The Morgan fingerprint density at radius 1 is 1.26 bits per heavy atom. The van der Waals surface area contributed by atoms with Crippen molar-refractivity contribution in [1.29, 1.82) is 0 Å². The van der Waals surface area contributed by atoms with Gasteiger partial charge in [0.05, 0.1) is 25.5 Å². The second-order valence-electron chi connectivity index (χ2n) is 3.99. The van der Waals surface area contributed by atoms with E-state index in [1.165, 1.54) is 0 Å². The number of oxazole rings is 1. The van der Waals surface area contributed by atoms with Gasteiger partial charge < -0.3 is 19.2 Å². The number of hydrogen-bond donors (Lipinski definition) is 1. The van der Waals surface area contributed by atoms with Crippen molar-refractivity contribution in [2.24, 2.45) is 0 Å². The molecule has 0 saturated heterocycles. The molecular formula is C14H18N2O3. The van der Waals surface area contributed by atoms with Gasteiger partial charge in [0.15, 0.2) is 0 Å². The summed E-state index contributed by atoms with van der Waals surface area (Å²) in [5.74, 6) is 1.98. The van der Waals surface area contributed by atoms with Crippen molar-refractivity contribution in [2.75, 3.05) is 20.8 Å². The van der Waals surface area contributed by atoms with Crippen molar-refractivity contribution in [2.45, 2.75) is 13.5 Å². The topological polar surface area (TPSA) is 56.5 Å². The summed E-state index contributed by atoms with van der Waals surface area (Å²) in [6.07, 6.45) is 1.65. The Balaban J connectivity index is 2.31. The zero-order chi connectivity index (χ0) is 13.7. The Bertz CT molecular complexity index is 537. The van der Waals surface area contributed by atoms with Crippen LogP contribution < -0.4 is 14.8 Å². The summed E-state index contributed by atoms with van der Waals surface area (Å²) in [7, 11) is 3.24. The number of hydrogen-bond acceptors (Lipinski definition) is 5. The molecule has 0 aliphatic carbocycles. The van der Waals surface area contributed by atoms with Crippen molar-refractivity contribution in [3.05, 3.63) is 30.2 Å².